The Morgan fingerprint density at radius 2 is 1.90 bits per heavy atom. The number of hydrazine groups is 1. The van der Waals surface area contributed by atoms with Gasteiger partial charge < -0.3 is 0 Å². The van der Waals surface area contributed by atoms with Crippen molar-refractivity contribution >= 4 is 54.8 Å². The molecule has 0 aliphatic heterocycles. The molecule has 0 atom stereocenters. The zero-order chi connectivity index (χ0) is 14.8. The smallest absolute Gasteiger partial charge is 0.267 e. The molecule has 2 rings (SSSR count). The lowest BCUT2D eigenvalue weighted by atomic mass is 10.2. The number of halogens is 2. The van der Waals surface area contributed by atoms with Crippen molar-refractivity contribution in [3.05, 3.63) is 50.8 Å². The summed E-state index contributed by atoms with van der Waals surface area (Å²) in [5.41, 5.74) is 2.46. The Morgan fingerprint density at radius 3 is 2.50 bits per heavy atom. The summed E-state index contributed by atoms with van der Waals surface area (Å²) < 4.78 is 24.7. The van der Waals surface area contributed by atoms with Crippen LogP contribution < -0.4 is 10.3 Å². The predicted molar refractivity (Wildman–Crippen MR) is 81.3 cm³/mol. The van der Waals surface area contributed by atoms with Crippen LogP contribution in [0.15, 0.2) is 45.1 Å². The molecule has 1 aromatic heterocycles. The van der Waals surface area contributed by atoms with E-state index in [0.717, 1.165) is 11.3 Å². The molecule has 0 unspecified atom stereocenters. The van der Waals surface area contributed by atoms with Gasteiger partial charge in [-0.25, -0.2) is 8.42 Å². The van der Waals surface area contributed by atoms with Gasteiger partial charge in [-0.05, 0) is 40.2 Å². The highest BCUT2D eigenvalue weighted by Crippen LogP contribution is 2.25. The molecule has 9 heteroatoms. The fraction of sp³-hybridized carbons (Fsp3) is 0. The van der Waals surface area contributed by atoms with E-state index in [0.29, 0.717) is 14.4 Å². The van der Waals surface area contributed by atoms with E-state index < -0.39 is 15.9 Å². The van der Waals surface area contributed by atoms with Gasteiger partial charge in [0.25, 0.3) is 15.9 Å². The summed E-state index contributed by atoms with van der Waals surface area (Å²) in [6.07, 6.45) is 0. The molecule has 0 bridgehead atoms. The third-order valence-electron chi connectivity index (χ3n) is 2.23. The van der Waals surface area contributed by atoms with Crippen LogP contribution in [0.25, 0.3) is 0 Å². The number of sulfonamides is 1. The minimum atomic E-state index is -3.82. The van der Waals surface area contributed by atoms with E-state index in [2.05, 4.69) is 21.4 Å². The topological polar surface area (TPSA) is 75.3 Å². The zero-order valence-corrected chi connectivity index (χ0v) is 13.7. The van der Waals surface area contributed by atoms with Crippen molar-refractivity contribution in [2.45, 2.75) is 4.21 Å². The highest BCUT2D eigenvalue weighted by molar-refractivity contribution is 9.10. The number of rotatable bonds is 4. The average Bonchev–Trinajstić information content (AvgIpc) is 2.84. The molecule has 1 amide bonds. The lowest BCUT2D eigenvalue weighted by molar-refractivity contribution is 0.0944. The summed E-state index contributed by atoms with van der Waals surface area (Å²) in [6.45, 7) is 0. The number of nitrogens with one attached hydrogen (secondary N) is 2. The predicted octanol–water partition coefficient (Wildman–Crippen LogP) is 2.79. The molecule has 1 aromatic carbocycles. The van der Waals surface area contributed by atoms with Gasteiger partial charge in [0.05, 0.1) is 9.90 Å². The lowest BCUT2D eigenvalue weighted by Gasteiger charge is -2.07. The van der Waals surface area contributed by atoms with Gasteiger partial charge in [0.2, 0.25) is 0 Å². The Labute approximate surface area is 133 Å². The van der Waals surface area contributed by atoms with Crippen molar-refractivity contribution < 1.29 is 13.2 Å². The van der Waals surface area contributed by atoms with Gasteiger partial charge in [0.1, 0.15) is 4.21 Å². The minimum absolute atomic E-state index is 0.0231. The number of carbonyl (C=O) groups excluding carboxylic acids is 1. The molecule has 0 saturated heterocycles. The molecule has 1 heterocycles. The number of amides is 1. The van der Waals surface area contributed by atoms with E-state index in [-0.39, 0.29) is 4.21 Å². The van der Waals surface area contributed by atoms with E-state index in [1.807, 2.05) is 4.83 Å². The average molecular weight is 396 g/mol. The fourth-order valence-corrected chi connectivity index (χ4v) is 4.11. The van der Waals surface area contributed by atoms with Crippen LogP contribution in [-0.4, -0.2) is 14.3 Å². The van der Waals surface area contributed by atoms with Gasteiger partial charge in [-0.1, -0.05) is 23.7 Å². The van der Waals surface area contributed by atoms with Crippen LogP contribution in [-0.2, 0) is 10.0 Å². The summed E-state index contributed by atoms with van der Waals surface area (Å²) >= 11 is 9.79. The normalized spacial score (nSPS) is 11.3. The van der Waals surface area contributed by atoms with Gasteiger partial charge in [-0.3, -0.25) is 10.2 Å². The first-order chi connectivity index (χ1) is 9.40. The second-order valence-corrected chi connectivity index (χ2v) is 8.08. The fourth-order valence-electron chi connectivity index (χ4n) is 1.32. The summed E-state index contributed by atoms with van der Waals surface area (Å²) in [7, 11) is -3.82. The SMILES string of the molecule is O=C(NNS(=O)(=O)c1ccc(Cl)s1)c1ccccc1Br. The van der Waals surface area contributed by atoms with Crippen molar-refractivity contribution in [2.24, 2.45) is 0 Å². The molecule has 20 heavy (non-hydrogen) atoms. The van der Waals surface area contributed by atoms with Crippen LogP contribution in [0.2, 0.25) is 4.34 Å². The van der Waals surface area contributed by atoms with E-state index in [9.17, 15) is 13.2 Å². The summed E-state index contributed by atoms with van der Waals surface area (Å²) in [5.74, 6) is -0.566. The van der Waals surface area contributed by atoms with Crippen LogP contribution in [0, 0.1) is 0 Å². The van der Waals surface area contributed by atoms with Crippen molar-refractivity contribution in [3.8, 4) is 0 Å². The quantitative estimate of drug-likeness (QED) is 0.782. The first-order valence-corrected chi connectivity index (χ1v) is 8.69. The third-order valence-corrected chi connectivity index (χ3v) is 5.89. The Kier molecular flexibility index (Phi) is 4.82. The van der Waals surface area contributed by atoms with Gasteiger partial charge in [-0.2, -0.15) is 0 Å². The van der Waals surface area contributed by atoms with Gasteiger partial charge >= 0.3 is 0 Å². The molecule has 0 aliphatic rings. The maximum absolute atomic E-state index is 11.9. The molecule has 2 N–H and O–H groups in total. The molecule has 0 fully saturated rings. The van der Waals surface area contributed by atoms with E-state index in [1.54, 1.807) is 24.3 Å². The second kappa shape index (κ2) is 6.23. The van der Waals surface area contributed by atoms with Crippen molar-refractivity contribution in [3.63, 3.8) is 0 Å². The molecule has 5 nitrogen and oxygen atoms in total. The molecule has 0 radical (unpaired) electrons. The molecule has 0 spiro atoms. The molecule has 0 aliphatic carbocycles. The summed E-state index contributed by atoms with van der Waals surface area (Å²) in [4.78, 5) is 13.9. The molecule has 106 valence electrons. The van der Waals surface area contributed by atoms with Crippen molar-refractivity contribution in [2.75, 3.05) is 0 Å². The van der Waals surface area contributed by atoms with Crippen LogP contribution >= 0.6 is 38.9 Å². The van der Waals surface area contributed by atoms with Crippen LogP contribution in [0.4, 0.5) is 0 Å². The molecule has 2 aromatic rings. The van der Waals surface area contributed by atoms with Gasteiger partial charge in [0, 0.05) is 4.47 Å². The number of carbonyl (C=O) groups is 1. The molecule has 0 saturated carbocycles. The number of thiophene rings is 1. The largest absolute Gasteiger partial charge is 0.273 e. The molecular weight excluding hydrogens is 388 g/mol. The third kappa shape index (κ3) is 3.58. The maximum Gasteiger partial charge on any atom is 0.267 e. The number of benzene rings is 1. The first-order valence-electron chi connectivity index (χ1n) is 5.22. The van der Waals surface area contributed by atoms with Crippen LogP contribution in [0.1, 0.15) is 10.4 Å². The summed E-state index contributed by atoms with van der Waals surface area (Å²) in [5, 5.41) is 0. The van der Waals surface area contributed by atoms with Crippen molar-refractivity contribution in [1.29, 1.82) is 0 Å². The highest BCUT2D eigenvalue weighted by atomic mass is 79.9. The van der Waals surface area contributed by atoms with Crippen LogP contribution in [0.3, 0.4) is 0 Å². The highest BCUT2D eigenvalue weighted by Gasteiger charge is 2.18. The van der Waals surface area contributed by atoms with Gasteiger partial charge in [0.15, 0.2) is 0 Å². The number of hydrogen-bond donors (Lipinski definition) is 2. The Bertz CT molecular complexity index is 746. The van der Waals surface area contributed by atoms with E-state index in [1.165, 1.54) is 12.1 Å². The van der Waals surface area contributed by atoms with Crippen LogP contribution in [0.5, 0.6) is 0 Å². The zero-order valence-electron chi connectivity index (χ0n) is 9.76. The number of hydrogen-bond acceptors (Lipinski definition) is 4. The monoisotopic (exact) mass is 394 g/mol. The standard InChI is InChI=1S/C11H8BrClN2O3S2/c12-8-4-2-1-3-7(8)11(16)14-15-20(17,18)10-6-5-9(13)19-10/h1-6,15H,(H,14,16). The Balaban J connectivity index is 2.09. The summed E-state index contributed by atoms with van der Waals surface area (Å²) in [6, 6.07) is 9.50. The van der Waals surface area contributed by atoms with E-state index >= 15 is 0 Å². The van der Waals surface area contributed by atoms with E-state index in [4.69, 9.17) is 11.6 Å². The van der Waals surface area contributed by atoms with Gasteiger partial charge in [-0.15, -0.1) is 16.2 Å². The molecular formula is C11H8BrClN2O3S2. The second-order valence-electron chi connectivity index (χ2n) is 3.60. The maximum atomic E-state index is 11.9. The lowest BCUT2D eigenvalue weighted by Crippen LogP contribution is -2.41. The van der Waals surface area contributed by atoms with Crippen molar-refractivity contribution in [1.82, 2.24) is 10.3 Å². The Morgan fingerprint density at radius 1 is 1.20 bits per heavy atom. The Hall–Kier alpha value is -0.930. The minimum Gasteiger partial charge on any atom is -0.273 e. The first kappa shape index (κ1) is 15.5.